The van der Waals surface area contributed by atoms with Crippen molar-refractivity contribution in [3.05, 3.63) is 97.2 Å². The lowest BCUT2D eigenvalue weighted by Crippen LogP contribution is -2.30. The predicted molar refractivity (Wildman–Crippen MR) is 270 cm³/mol. The van der Waals surface area contributed by atoms with Gasteiger partial charge >= 0.3 is 17.9 Å². The number of hydrogen-bond acceptors (Lipinski definition) is 6. The number of hydrogen-bond donors (Lipinski definition) is 0. The van der Waals surface area contributed by atoms with E-state index in [1.807, 2.05) is 0 Å². The van der Waals surface area contributed by atoms with Crippen molar-refractivity contribution in [1.82, 2.24) is 0 Å². The molecular weight excluding hydrogens is 781 g/mol. The molecular formula is C57H94O6. The highest BCUT2D eigenvalue weighted by Gasteiger charge is 2.19. The summed E-state index contributed by atoms with van der Waals surface area (Å²) in [6.07, 6.45) is 66.8. The van der Waals surface area contributed by atoms with Crippen LogP contribution in [-0.2, 0) is 28.6 Å². The second-order valence-corrected chi connectivity index (χ2v) is 16.7. The van der Waals surface area contributed by atoms with Crippen molar-refractivity contribution in [3.8, 4) is 0 Å². The smallest absolute Gasteiger partial charge is 0.306 e. The number of carbonyl (C=O) groups excluding carboxylic acids is 3. The summed E-state index contributed by atoms with van der Waals surface area (Å²) in [6, 6.07) is 0. The number of unbranched alkanes of at least 4 members (excludes halogenated alkanes) is 20. The molecule has 0 fully saturated rings. The average molecular weight is 875 g/mol. The molecule has 0 spiro atoms. The third-order valence-corrected chi connectivity index (χ3v) is 10.6. The fourth-order valence-corrected chi connectivity index (χ4v) is 6.83. The van der Waals surface area contributed by atoms with Gasteiger partial charge < -0.3 is 14.2 Å². The van der Waals surface area contributed by atoms with Gasteiger partial charge in [-0.2, -0.15) is 0 Å². The lowest BCUT2D eigenvalue weighted by Gasteiger charge is -2.18. The minimum absolute atomic E-state index is 0.0995. The Kier molecular flexibility index (Phi) is 48.0. The van der Waals surface area contributed by atoms with Crippen LogP contribution in [-0.4, -0.2) is 37.2 Å². The van der Waals surface area contributed by atoms with E-state index in [-0.39, 0.29) is 37.5 Å². The molecule has 0 saturated heterocycles. The first-order valence-electron chi connectivity index (χ1n) is 25.8. The topological polar surface area (TPSA) is 78.9 Å². The first-order valence-corrected chi connectivity index (χ1v) is 25.8. The minimum Gasteiger partial charge on any atom is -0.462 e. The van der Waals surface area contributed by atoms with Gasteiger partial charge in [-0.15, -0.1) is 0 Å². The molecule has 0 aromatic rings. The molecule has 0 N–H and O–H groups in total. The first-order chi connectivity index (χ1) is 31.0. The molecule has 0 amide bonds. The van der Waals surface area contributed by atoms with Crippen molar-refractivity contribution in [2.24, 2.45) is 0 Å². The van der Waals surface area contributed by atoms with Crippen LogP contribution in [0, 0.1) is 0 Å². The highest BCUT2D eigenvalue weighted by molar-refractivity contribution is 5.71. The van der Waals surface area contributed by atoms with Crippen LogP contribution < -0.4 is 0 Å². The van der Waals surface area contributed by atoms with Gasteiger partial charge in [-0.05, 0) is 77.0 Å². The summed E-state index contributed by atoms with van der Waals surface area (Å²) in [5, 5.41) is 0. The summed E-state index contributed by atoms with van der Waals surface area (Å²) in [4.78, 5) is 38.0. The molecule has 358 valence electrons. The molecule has 0 saturated carbocycles. The van der Waals surface area contributed by atoms with E-state index in [0.29, 0.717) is 19.3 Å². The van der Waals surface area contributed by atoms with Gasteiger partial charge in [-0.3, -0.25) is 14.4 Å². The van der Waals surface area contributed by atoms with E-state index in [9.17, 15) is 14.4 Å². The Bertz CT molecular complexity index is 1280. The van der Waals surface area contributed by atoms with Gasteiger partial charge in [0.05, 0.1) is 0 Å². The lowest BCUT2D eigenvalue weighted by atomic mass is 10.0. The number of carbonyl (C=O) groups is 3. The van der Waals surface area contributed by atoms with Gasteiger partial charge in [0, 0.05) is 19.3 Å². The quantitative estimate of drug-likeness (QED) is 0.0199. The van der Waals surface area contributed by atoms with Crippen molar-refractivity contribution in [2.75, 3.05) is 13.2 Å². The minimum atomic E-state index is -0.805. The molecule has 6 heteroatoms. The van der Waals surface area contributed by atoms with Crippen LogP contribution in [0.5, 0.6) is 0 Å². The van der Waals surface area contributed by atoms with Crippen molar-refractivity contribution in [1.29, 1.82) is 0 Å². The molecule has 0 rings (SSSR count). The number of rotatable bonds is 45. The second kappa shape index (κ2) is 51.0. The molecule has 1 unspecified atom stereocenters. The average Bonchev–Trinajstić information content (AvgIpc) is 3.28. The molecule has 1 atom stereocenters. The van der Waals surface area contributed by atoms with Crippen LogP contribution in [0.25, 0.3) is 0 Å². The number of ether oxygens (including phenoxy) is 3. The Morgan fingerprint density at radius 1 is 0.349 bits per heavy atom. The molecule has 0 heterocycles. The first kappa shape index (κ1) is 59.3. The Hall–Kier alpha value is -3.67. The van der Waals surface area contributed by atoms with Crippen LogP contribution in [0.4, 0.5) is 0 Å². The van der Waals surface area contributed by atoms with Gasteiger partial charge in [-0.25, -0.2) is 0 Å². The van der Waals surface area contributed by atoms with E-state index >= 15 is 0 Å². The fraction of sp³-hybridized carbons (Fsp3) is 0.667. The van der Waals surface area contributed by atoms with Crippen LogP contribution >= 0.6 is 0 Å². The maximum atomic E-state index is 12.8. The summed E-state index contributed by atoms with van der Waals surface area (Å²) in [7, 11) is 0. The standard InChI is InChI=1S/C57H94O6/c1-4-7-10-13-16-19-22-25-27-28-30-32-35-38-41-44-47-50-56(59)62-53-54(52-61-55(58)49-46-43-40-37-34-31-24-21-18-15-12-9-6-3)63-57(60)51-48-45-42-39-36-33-29-26-23-20-17-14-11-8-5-2/h7-8,10-11,14,16-17,19-20,23,25,27,30,32,38,41,54H,4-6,9,12-13,15,18,21-22,24,26,28-29,31,33-37,39-40,42-53H2,1-3H3/b10-7-,11-8-,17-14-,19-16-,23-20-,27-25-,32-30-,41-38-. The maximum absolute atomic E-state index is 12.8. The molecule has 0 aromatic carbocycles. The summed E-state index contributed by atoms with van der Waals surface area (Å²) in [5.74, 6) is -0.974. The monoisotopic (exact) mass is 875 g/mol. The van der Waals surface area contributed by atoms with Gasteiger partial charge in [0.25, 0.3) is 0 Å². The molecule has 0 aliphatic rings. The summed E-state index contributed by atoms with van der Waals surface area (Å²) < 4.78 is 16.7. The highest BCUT2D eigenvalue weighted by Crippen LogP contribution is 2.15. The van der Waals surface area contributed by atoms with Gasteiger partial charge in [0.15, 0.2) is 6.10 Å². The van der Waals surface area contributed by atoms with Crippen LogP contribution in [0.1, 0.15) is 226 Å². The van der Waals surface area contributed by atoms with E-state index in [0.717, 1.165) is 96.3 Å². The van der Waals surface area contributed by atoms with Gasteiger partial charge in [-0.1, -0.05) is 227 Å². The van der Waals surface area contributed by atoms with Gasteiger partial charge in [0.1, 0.15) is 13.2 Å². The predicted octanol–water partition coefficient (Wildman–Crippen LogP) is 17.0. The van der Waals surface area contributed by atoms with Crippen molar-refractivity contribution in [3.63, 3.8) is 0 Å². The fourth-order valence-electron chi connectivity index (χ4n) is 6.83. The Labute approximate surface area is 387 Å². The SMILES string of the molecule is CC\C=C/C=C\C=C/CCCCCCCCCC(=O)OC(COC(=O)CCC/C=C\C/C=C\C/C=C\C/C=C\C/C=C\CC)COC(=O)CCCCCCCCCCCCCCC. The van der Waals surface area contributed by atoms with Crippen molar-refractivity contribution >= 4 is 17.9 Å². The zero-order valence-electron chi connectivity index (χ0n) is 40.8. The molecule has 6 nitrogen and oxygen atoms in total. The van der Waals surface area contributed by atoms with Gasteiger partial charge in [0.2, 0.25) is 0 Å². The maximum Gasteiger partial charge on any atom is 0.306 e. The van der Waals surface area contributed by atoms with E-state index in [1.54, 1.807) is 0 Å². The summed E-state index contributed by atoms with van der Waals surface area (Å²) >= 11 is 0. The van der Waals surface area contributed by atoms with Crippen LogP contribution in [0.3, 0.4) is 0 Å². The van der Waals surface area contributed by atoms with E-state index in [2.05, 4.69) is 118 Å². The van der Waals surface area contributed by atoms with E-state index in [4.69, 9.17) is 14.2 Å². The lowest BCUT2D eigenvalue weighted by molar-refractivity contribution is -0.167. The molecule has 0 aromatic heterocycles. The Morgan fingerprint density at radius 2 is 0.714 bits per heavy atom. The highest BCUT2D eigenvalue weighted by atomic mass is 16.6. The normalized spacial score (nSPS) is 12.9. The second-order valence-electron chi connectivity index (χ2n) is 16.7. The van der Waals surface area contributed by atoms with Crippen LogP contribution in [0.15, 0.2) is 97.2 Å². The summed E-state index contributed by atoms with van der Waals surface area (Å²) in [6.45, 7) is 6.33. The van der Waals surface area contributed by atoms with E-state index in [1.165, 1.54) is 83.5 Å². The number of allylic oxidation sites excluding steroid dienone is 16. The zero-order valence-corrected chi connectivity index (χ0v) is 40.8. The summed E-state index contributed by atoms with van der Waals surface area (Å²) in [5.41, 5.74) is 0. The van der Waals surface area contributed by atoms with Crippen LogP contribution in [0.2, 0.25) is 0 Å². The Morgan fingerprint density at radius 3 is 1.19 bits per heavy atom. The molecule has 63 heavy (non-hydrogen) atoms. The zero-order chi connectivity index (χ0) is 45.8. The van der Waals surface area contributed by atoms with Crippen molar-refractivity contribution in [2.45, 2.75) is 232 Å². The molecule has 0 aliphatic carbocycles. The molecule has 0 bridgehead atoms. The molecule has 0 aliphatic heterocycles. The number of esters is 3. The van der Waals surface area contributed by atoms with E-state index < -0.39 is 6.10 Å². The van der Waals surface area contributed by atoms with Crippen molar-refractivity contribution < 1.29 is 28.6 Å². The largest absolute Gasteiger partial charge is 0.462 e. The third-order valence-electron chi connectivity index (χ3n) is 10.6. The Balaban J connectivity index is 4.50. The third kappa shape index (κ3) is 49.2. The molecule has 0 radical (unpaired) electrons.